The summed E-state index contributed by atoms with van der Waals surface area (Å²) in [6, 6.07) is 6.22. The number of hydrogen-bond donors (Lipinski definition) is 1. The summed E-state index contributed by atoms with van der Waals surface area (Å²) in [7, 11) is 0. The topological polar surface area (TPSA) is 46.5 Å². The lowest BCUT2D eigenvalue weighted by atomic mass is 9.77. The molecule has 0 bridgehead atoms. The van der Waals surface area contributed by atoms with Gasteiger partial charge in [0.05, 0.1) is 16.5 Å². The summed E-state index contributed by atoms with van der Waals surface area (Å²) in [5.41, 5.74) is -0.681. The van der Waals surface area contributed by atoms with Crippen molar-refractivity contribution in [1.29, 1.82) is 0 Å². The van der Waals surface area contributed by atoms with E-state index in [1.165, 1.54) is 12.1 Å². The molecule has 1 saturated carbocycles. The Kier molecular flexibility index (Phi) is 6.97. The number of halogens is 7. The second-order valence-electron chi connectivity index (χ2n) is 7.78. The minimum absolute atomic E-state index is 0.0406. The van der Waals surface area contributed by atoms with Crippen molar-refractivity contribution in [3.8, 4) is 16.9 Å². The quantitative estimate of drug-likeness (QED) is 0.422. The molecule has 0 radical (unpaired) electrons. The van der Waals surface area contributed by atoms with Crippen LogP contribution in [-0.4, -0.2) is 23.9 Å². The van der Waals surface area contributed by atoms with Crippen molar-refractivity contribution >= 4 is 17.6 Å². The molecule has 0 heterocycles. The minimum Gasteiger partial charge on any atom is -0.483 e. The van der Waals surface area contributed by atoms with Crippen molar-refractivity contribution in [3.05, 3.63) is 52.5 Å². The molecule has 0 amide bonds. The van der Waals surface area contributed by atoms with E-state index < -0.39 is 36.4 Å². The van der Waals surface area contributed by atoms with Crippen molar-refractivity contribution in [1.82, 2.24) is 0 Å². The maximum absolute atomic E-state index is 12.9. The maximum Gasteiger partial charge on any atom is 0.422 e. The zero-order valence-corrected chi connectivity index (χ0v) is 17.3. The van der Waals surface area contributed by atoms with Crippen LogP contribution >= 0.6 is 11.6 Å². The Labute approximate surface area is 184 Å². The van der Waals surface area contributed by atoms with Crippen LogP contribution in [0.5, 0.6) is 5.75 Å². The molecule has 1 aliphatic rings. The van der Waals surface area contributed by atoms with Crippen LogP contribution in [0, 0.1) is 5.92 Å². The molecule has 174 valence electrons. The van der Waals surface area contributed by atoms with Gasteiger partial charge in [0.2, 0.25) is 0 Å². The van der Waals surface area contributed by atoms with Gasteiger partial charge in [0, 0.05) is 5.56 Å². The number of alkyl halides is 6. The van der Waals surface area contributed by atoms with Crippen molar-refractivity contribution in [3.63, 3.8) is 0 Å². The third kappa shape index (κ3) is 5.88. The maximum atomic E-state index is 12.9. The molecular weight excluding hydrogens is 462 g/mol. The average molecular weight is 481 g/mol. The molecule has 1 atom stereocenters. The van der Waals surface area contributed by atoms with E-state index in [4.69, 9.17) is 16.3 Å². The first-order valence-electron chi connectivity index (χ1n) is 9.78. The highest BCUT2D eigenvalue weighted by atomic mass is 35.5. The molecule has 0 saturated heterocycles. The number of benzene rings is 2. The first-order valence-corrected chi connectivity index (χ1v) is 10.2. The number of carboxylic acid groups (broad SMARTS) is 1. The van der Waals surface area contributed by atoms with Crippen LogP contribution in [0.4, 0.5) is 26.3 Å². The van der Waals surface area contributed by atoms with Gasteiger partial charge < -0.3 is 9.84 Å². The fourth-order valence-corrected chi connectivity index (χ4v) is 3.95. The van der Waals surface area contributed by atoms with E-state index in [1.807, 2.05) is 0 Å². The molecule has 2 aromatic carbocycles. The van der Waals surface area contributed by atoms with Crippen molar-refractivity contribution in [2.45, 2.75) is 44.0 Å². The van der Waals surface area contributed by atoms with Gasteiger partial charge in [-0.15, -0.1) is 0 Å². The van der Waals surface area contributed by atoms with Crippen LogP contribution in [0.3, 0.4) is 0 Å². The standard InChI is InChI=1S/C22H19ClF6O3/c23-17-9-14(16(20(30)31)8-12-2-1-3-12)10-18(32-11-21(24,25)26)19(17)13-4-6-15(7-5-13)22(27,28)29/h4-7,9-10,12,16H,1-3,8,11H2,(H,30,31). The van der Waals surface area contributed by atoms with E-state index in [2.05, 4.69) is 0 Å². The molecule has 2 aromatic rings. The van der Waals surface area contributed by atoms with Gasteiger partial charge in [0.1, 0.15) is 5.75 Å². The van der Waals surface area contributed by atoms with Crippen molar-refractivity contribution < 1.29 is 41.0 Å². The average Bonchev–Trinajstić information content (AvgIpc) is 2.63. The molecule has 3 nitrogen and oxygen atoms in total. The third-order valence-corrected chi connectivity index (χ3v) is 5.76. The molecule has 0 spiro atoms. The monoisotopic (exact) mass is 480 g/mol. The van der Waals surface area contributed by atoms with Crippen LogP contribution in [0.1, 0.15) is 42.7 Å². The van der Waals surface area contributed by atoms with Gasteiger partial charge in [-0.2, -0.15) is 26.3 Å². The van der Waals surface area contributed by atoms with Gasteiger partial charge >= 0.3 is 18.3 Å². The fourth-order valence-electron chi connectivity index (χ4n) is 3.62. The Morgan fingerprint density at radius 1 is 1.09 bits per heavy atom. The Morgan fingerprint density at radius 2 is 1.72 bits per heavy atom. The van der Waals surface area contributed by atoms with Gasteiger partial charge in [0.15, 0.2) is 6.61 Å². The van der Waals surface area contributed by atoms with Crippen molar-refractivity contribution in [2.75, 3.05) is 6.61 Å². The van der Waals surface area contributed by atoms with Crippen LogP contribution < -0.4 is 4.74 Å². The number of carbonyl (C=O) groups is 1. The predicted octanol–water partition coefficient (Wildman–Crippen LogP) is 7.33. The molecule has 1 N–H and O–H groups in total. The van der Waals surface area contributed by atoms with Crippen molar-refractivity contribution in [2.24, 2.45) is 5.92 Å². The highest BCUT2D eigenvalue weighted by Gasteiger charge is 2.33. The zero-order chi connectivity index (χ0) is 23.7. The molecule has 1 fully saturated rings. The van der Waals surface area contributed by atoms with Gasteiger partial charge in [-0.1, -0.05) is 43.0 Å². The second kappa shape index (κ2) is 9.21. The summed E-state index contributed by atoms with van der Waals surface area (Å²) in [5, 5.41) is 9.55. The summed E-state index contributed by atoms with van der Waals surface area (Å²) in [6.45, 7) is -1.67. The van der Waals surface area contributed by atoms with E-state index in [0.29, 0.717) is 6.42 Å². The summed E-state index contributed by atoms with van der Waals surface area (Å²) in [4.78, 5) is 11.8. The second-order valence-corrected chi connectivity index (χ2v) is 8.19. The normalized spacial score (nSPS) is 15.8. The number of hydrogen-bond acceptors (Lipinski definition) is 2. The van der Waals surface area contributed by atoms with E-state index in [9.17, 15) is 36.2 Å². The summed E-state index contributed by atoms with van der Waals surface area (Å²) in [5.74, 6) is -2.28. The highest BCUT2D eigenvalue weighted by molar-refractivity contribution is 6.33. The lowest BCUT2D eigenvalue weighted by molar-refractivity contribution is -0.153. The van der Waals surface area contributed by atoms with Gasteiger partial charge in [0.25, 0.3) is 0 Å². The largest absolute Gasteiger partial charge is 0.483 e. The first kappa shape index (κ1) is 24.2. The summed E-state index contributed by atoms with van der Waals surface area (Å²) >= 11 is 6.31. The van der Waals surface area contributed by atoms with Gasteiger partial charge in [-0.25, -0.2) is 0 Å². The molecule has 3 rings (SSSR count). The SMILES string of the molecule is O=C(O)C(CC1CCC1)c1cc(Cl)c(-c2ccc(C(F)(F)F)cc2)c(OCC(F)(F)F)c1. The smallest absolute Gasteiger partial charge is 0.422 e. The number of aliphatic carboxylic acids is 1. The Balaban J connectivity index is 2.04. The third-order valence-electron chi connectivity index (χ3n) is 5.46. The molecule has 1 aliphatic carbocycles. The summed E-state index contributed by atoms with van der Waals surface area (Å²) in [6.07, 6.45) is -6.22. The Hall–Kier alpha value is -2.42. The predicted molar refractivity (Wildman–Crippen MR) is 106 cm³/mol. The lowest BCUT2D eigenvalue weighted by Crippen LogP contribution is -2.21. The van der Waals surface area contributed by atoms with E-state index in [0.717, 1.165) is 43.5 Å². The molecule has 32 heavy (non-hydrogen) atoms. The van der Waals surface area contributed by atoms with Crippen LogP contribution in [-0.2, 0) is 11.0 Å². The van der Waals surface area contributed by atoms with E-state index in [1.54, 1.807) is 0 Å². The molecule has 1 unspecified atom stereocenters. The number of ether oxygens (including phenoxy) is 1. The van der Waals surface area contributed by atoms with E-state index in [-0.39, 0.29) is 33.4 Å². The molecule has 0 aliphatic heterocycles. The van der Waals surface area contributed by atoms with Crippen LogP contribution in [0.25, 0.3) is 11.1 Å². The highest BCUT2D eigenvalue weighted by Crippen LogP contribution is 2.43. The van der Waals surface area contributed by atoms with Gasteiger partial charge in [-0.05, 0) is 47.7 Å². The zero-order valence-electron chi connectivity index (χ0n) is 16.6. The molecule has 0 aromatic heterocycles. The van der Waals surface area contributed by atoms with E-state index >= 15 is 0 Å². The Morgan fingerprint density at radius 3 is 2.19 bits per heavy atom. The van der Waals surface area contributed by atoms with Crippen LogP contribution in [0.15, 0.2) is 36.4 Å². The number of carboxylic acids is 1. The molecular formula is C22H19ClF6O3. The first-order chi connectivity index (χ1) is 14.8. The number of rotatable bonds is 7. The summed E-state index contributed by atoms with van der Waals surface area (Å²) < 4.78 is 81.9. The Bertz CT molecular complexity index is 965. The lowest BCUT2D eigenvalue weighted by Gasteiger charge is -2.28. The van der Waals surface area contributed by atoms with Gasteiger partial charge in [-0.3, -0.25) is 4.79 Å². The minimum atomic E-state index is -4.68. The van der Waals surface area contributed by atoms with Crippen LogP contribution in [0.2, 0.25) is 5.02 Å². The fraction of sp³-hybridized carbons (Fsp3) is 0.409. The molecule has 10 heteroatoms.